The lowest BCUT2D eigenvalue weighted by molar-refractivity contribution is -0.384. The predicted octanol–water partition coefficient (Wildman–Crippen LogP) is 1.79. The molecular formula is C11H13ClN2O5. The Labute approximate surface area is 114 Å². The normalized spacial score (nSPS) is 10.2. The van der Waals surface area contributed by atoms with Crippen LogP contribution in [-0.2, 0) is 9.53 Å². The number of halogens is 1. The Kier molecular flexibility index (Phi) is 5.53. The van der Waals surface area contributed by atoms with Crippen LogP contribution >= 0.6 is 11.6 Å². The number of anilines is 1. The van der Waals surface area contributed by atoms with Gasteiger partial charge < -0.3 is 14.7 Å². The summed E-state index contributed by atoms with van der Waals surface area (Å²) in [5.74, 6) is -1.02. The van der Waals surface area contributed by atoms with E-state index in [9.17, 15) is 14.9 Å². The molecule has 0 aliphatic heterocycles. The number of hydrogen-bond donors (Lipinski definition) is 1. The zero-order valence-corrected chi connectivity index (χ0v) is 11.0. The van der Waals surface area contributed by atoms with Crippen molar-refractivity contribution in [1.29, 1.82) is 0 Å². The number of carboxylic acid groups (broad SMARTS) is 1. The Morgan fingerprint density at radius 1 is 1.58 bits per heavy atom. The van der Waals surface area contributed by atoms with Crippen LogP contribution in [0.4, 0.5) is 11.4 Å². The van der Waals surface area contributed by atoms with Gasteiger partial charge in [-0.05, 0) is 6.07 Å². The minimum absolute atomic E-state index is 0.131. The SMILES string of the molecule is COCCN(CC(=O)O)c1ccc([N+](=O)[O-])cc1Cl. The number of rotatable bonds is 7. The molecule has 0 atom stereocenters. The quantitative estimate of drug-likeness (QED) is 0.607. The van der Waals surface area contributed by atoms with Crippen LogP contribution in [0.15, 0.2) is 18.2 Å². The molecule has 0 heterocycles. The number of nitrogens with zero attached hydrogens (tertiary/aromatic N) is 2. The molecule has 0 radical (unpaired) electrons. The van der Waals surface area contributed by atoms with Crippen molar-refractivity contribution in [3.63, 3.8) is 0 Å². The van der Waals surface area contributed by atoms with Crippen molar-refractivity contribution in [2.75, 3.05) is 31.7 Å². The van der Waals surface area contributed by atoms with Crippen LogP contribution in [0.5, 0.6) is 0 Å². The van der Waals surface area contributed by atoms with Crippen molar-refractivity contribution in [2.45, 2.75) is 0 Å². The van der Waals surface area contributed by atoms with Crippen molar-refractivity contribution in [2.24, 2.45) is 0 Å². The van der Waals surface area contributed by atoms with Gasteiger partial charge >= 0.3 is 5.97 Å². The number of hydrogen-bond acceptors (Lipinski definition) is 5. The van der Waals surface area contributed by atoms with Crippen molar-refractivity contribution in [3.05, 3.63) is 33.3 Å². The number of aliphatic carboxylic acids is 1. The number of non-ortho nitro benzene ring substituents is 1. The minimum atomic E-state index is -1.02. The minimum Gasteiger partial charge on any atom is -0.480 e. The highest BCUT2D eigenvalue weighted by Crippen LogP contribution is 2.29. The monoisotopic (exact) mass is 288 g/mol. The van der Waals surface area contributed by atoms with Crippen molar-refractivity contribution < 1.29 is 19.6 Å². The highest BCUT2D eigenvalue weighted by atomic mass is 35.5. The molecule has 0 unspecified atom stereocenters. The molecule has 104 valence electrons. The Hall–Kier alpha value is -1.86. The van der Waals surface area contributed by atoms with Crippen molar-refractivity contribution >= 4 is 28.9 Å². The summed E-state index contributed by atoms with van der Waals surface area (Å²) in [5.41, 5.74) is 0.280. The molecule has 0 saturated carbocycles. The Bertz CT molecular complexity index is 480. The molecule has 0 amide bonds. The number of carbonyl (C=O) groups is 1. The molecule has 0 fully saturated rings. The number of methoxy groups -OCH3 is 1. The molecule has 1 N–H and O–H groups in total. The largest absolute Gasteiger partial charge is 0.480 e. The smallest absolute Gasteiger partial charge is 0.323 e. The first-order valence-corrected chi connectivity index (χ1v) is 5.73. The zero-order valence-electron chi connectivity index (χ0n) is 10.2. The van der Waals surface area contributed by atoms with Gasteiger partial charge in [-0.1, -0.05) is 11.6 Å². The fourth-order valence-electron chi connectivity index (χ4n) is 1.52. The second kappa shape index (κ2) is 6.91. The molecule has 0 aliphatic rings. The number of nitro benzene ring substituents is 1. The summed E-state index contributed by atoms with van der Waals surface area (Å²) >= 11 is 5.95. The van der Waals surface area contributed by atoms with Gasteiger partial charge in [0, 0.05) is 25.8 Å². The van der Waals surface area contributed by atoms with Gasteiger partial charge in [-0.2, -0.15) is 0 Å². The van der Waals surface area contributed by atoms with Crippen LogP contribution in [0.25, 0.3) is 0 Å². The van der Waals surface area contributed by atoms with Crippen molar-refractivity contribution in [1.82, 2.24) is 0 Å². The van der Waals surface area contributed by atoms with Gasteiger partial charge in [0.2, 0.25) is 0 Å². The summed E-state index contributed by atoms with van der Waals surface area (Å²) in [5, 5.41) is 19.6. The topological polar surface area (TPSA) is 92.9 Å². The van der Waals surface area contributed by atoms with Gasteiger partial charge in [-0.25, -0.2) is 0 Å². The molecule has 1 aromatic rings. The molecule has 1 aromatic carbocycles. The molecule has 8 heteroatoms. The van der Waals surface area contributed by atoms with E-state index in [-0.39, 0.29) is 17.3 Å². The standard InChI is InChI=1S/C11H13ClN2O5/c1-19-5-4-13(7-11(15)16)10-3-2-8(14(17)18)6-9(10)12/h2-3,6H,4-5,7H2,1H3,(H,15,16). The highest BCUT2D eigenvalue weighted by Gasteiger charge is 2.16. The fraction of sp³-hybridized carbons (Fsp3) is 0.364. The summed E-state index contributed by atoms with van der Waals surface area (Å²) in [6.07, 6.45) is 0. The first-order valence-electron chi connectivity index (χ1n) is 5.35. The number of nitro groups is 1. The summed E-state index contributed by atoms with van der Waals surface area (Å²) in [6.45, 7) is 0.377. The third kappa shape index (κ3) is 4.38. The van der Waals surface area contributed by atoms with Crippen molar-refractivity contribution in [3.8, 4) is 0 Å². The van der Waals surface area contributed by atoms with Gasteiger partial charge in [0.05, 0.1) is 22.2 Å². The van der Waals surface area contributed by atoms with Crippen LogP contribution in [0.1, 0.15) is 0 Å². The molecule has 0 aliphatic carbocycles. The van der Waals surface area contributed by atoms with E-state index in [0.717, 1.165) is 0 Å². The number of ether oxygens (including phenoxy) is 1. The van der Waals surface area contributed by atoms with E-state index in [4.69, 9.17) is 21.4 Å². The number of benzene rings is 1. The predicted molar refractivity (Wildman–Crippen MR) is 69.8 cm³/mol. The Balaban J connectivity index is 3.00. The molecule has 1 rings (SSSR count). The van der Waals surface area contributed by atoms with E-state index >= 15 is 0 Å². The number of carboxylic acids is 1. The summed E-state index contributed by atoms with van der Waals surface area (Å²) in [7, 11) is 1.50. The molecule has 0 saturated heterocycles. The van der Waals surface area contributed by atoms with E-state index in [1.165, 1.54) is 30.2 Å². The zero-order chi connectivity index (χ0) is 14.4. The van der Waals surface area contributed by atoms with E-state index in [1.54, 1.807) is 0 Å². The van der Waals surface area contributed by atoms with Gasteiger partial charge in [-0.3, -0.25) is 14.9 Å². The summed E-state index contributed by atoms with van der Waals surface area (Å²) < 4.78 is 4.89. The van der Waals surface area contributed by atoms with E-state index in [1.807, 2.05) is 0 Å². The lowest BCUT2D eigenvalue weighted by Gasteiger charge is -2.23. The average molecular weight is 289 g/mol. The molecule has 0 spiro atoms. The van der Waals surface area contributed by atoms with E-state index in [0.29, 0.717) is 18.8 Å². The van der Waals surface area contributed by atoms with Crippen LogP contribution in [0.2, 0.25) is 5.02 Å². The second-order valence-electron chi connectivity index (χ2n) is 3.70. The summed E-state index contributed by atoms with van der Waals surface area (Å²) in [4.78, 5) is 22.3. The first kappa shape index (κ1) is 15.2. The van der Waals surface area contributed by atoms with E-state index in [2.05, 4.69) is 0 Å². The third-order valence-corrected chi connectivity index (χ3v) is 2.68. The maximum atomic E-state index is 10.8. The molecule has 7 nitrogen and oxygen atoms in total. The van der Waals surface area contributed by atoms with Gasteiger partial charge in [-0.15, -0.1) is 0 Å². The lowest BCUT2D eigenvalue weighted by Crippen LogP contribution is -2.32. The van der Waals surface area contributed by atoms with Crippen LogP contribution in [0, 0.1) is 10.1 Å². The first-order chi connectivity index (χ1) is 8.95. The third-order valence-electron chi connectivity index (χ3n) is 2.37. The lowest BCUT2D eigenvalue weighted by atomic mass is 10.2. The molecule has 19 heavy (non-hydrogen) atoms. The second-order valence-corrected chi connectivity index (χ2v) is 4.11. The fourth-order valence-corrected chi connectivity index (χ4v) is 1.81. The van der Waals surface area contributed by atoms with Gasteiger partial charge in [0.15, 0.2) is 0 Å². The highest BCUT2D eigenvalue weighted by molar-refractivity contribution is 6.33. The van der Waals surface area contributed by atoms with E-state index < -0.39 is 10.9 Å². The maximum absolute atomic E-state index is 10.8. The molecular weight excluding hydrogens is 276 g/mol. The Morgan fingerprint density at radius 2 is 2.26 bits per heavy atom. The van der Waals surface area contributed by atoms with Gasteiger partial charge in [0.25, 0.3) is 5.69 Å². The molecule has 0 bridgehead atoms. The Morgan fingerprint density at radius 3 is 2.74 bits per heavy atom. The van der Waals surface area contributed by atoms with Crippen LogP contribution in [-0.4, -0.2) is 42.8 Å². The average Bonchev–Trinajstić information content (AvgIpc) is 2.34. The molecule has 0 aromatic heterocycles. The van der Waals surface area contributed by atoms with Crippen LogP contribution in [0.3, 0.4) is 0 Å². The van der Waals surface area contributed by atoms with Crippen LogP contribution < -0.4 is 4.90 Å². The summed E-state index contributed by atoms with van der Waals surface area (Å²) in [6, 6.07) is 3.90. The maximum Gasteiger partial charge on any atom is 0.323 e. The van der Waals surface area contributed by atoms with Gasteiger partial charge in [0.1, 0.15) is 6.54 Å².